The Hall–Kier alpha value is -3.77. The summed E-state index contributed by atoms with van der Waals surface area (Å²) in [4.78, 5) is 77.1. The molecule has 41 heavy (non-hydrogen) atoms. The SMILES string of the molecule is CC(C)(C)OC(=O)NN1C(=O)C[C@@H]2CC[C@@H](n3c(C(=O)C(C)(C)C)nc4c(=O)[nH]c(NC(=O)C(C)(C)C)nc43)[C@H]1C2. The van der Waals surface area contributed by atoms with E-state index >= 15 is 0 Å². The highest BCUT2D eigenvalue weighted by molar-refractivity contribution is 5.99. The molecule has 2 aromatic heterocycles. The number of hydrazine groups is 1. The van der Waals surface area contributed by atoms with Gasteiger partial charge in [0, 0.05) is 17.3 Å². The molecule has 1 saturated carbocycles. The molecule has 0 spiro atoms. The first kappa shape index (κ1) is 30.2. The van der Waals surface area contributed by atoms with E-state index < -0.39 is 40.2 Å². The first-order valence-electron chi connectivity index (χ1n) is 14.0. The van der Waals surface area contributed by atoms with E-state index in [2.05, 4.69) is 25.7 Å². The predicted octanol–water partition coefficient (Wildman–Crippen LogP) is 3.71. The Morgan fingerprint density at radius 1 is 0.927 bits per heavy atom. The normalized spacial score (nSPS) is 21.5. The Morgan fingerprint density at radius 3 is 2.17 bits per heavy atom. The monoisotopic (exact) mass is 571 g/mol. The van der Waals surface area contributed by atoms with E-state index in [4.69, 9.17) is 4.74 Å². The number of aromatic nitrogens is 4. The van der Waals surface area contributed by atoms with E-state index in [1.807, 2.05) is 0 Å². The van der Waals surface area contributed by atoms with Crippen LogP contribution in [0.25, 0.3) is 11.2 Å². The maximum Gasteiger partial charge on any atom is 0.426 e. The third kappa shape index (κ3) is 6.28. The molecule has 4 rings (SSSR count). The van der Waals surface area contributed by atoms with Gasteiger partial charge in [-0.1, -0.05) is 41.5 Å². The van der Waals surface area contributed by atoms with Crippen molar-refractivity contribution >= 4 is 40.8 Å². The van der Waals surface area contributed by atoms with Gasteiger partial charge in [-0.2, -0.15) is 4.98 Å². The van der Waals surface area contributed by atoms with Gasteiger partial charge in [-0.15, -0.1) is 0 Å². The van der Waals surface area contributed by atoms with E-state index in [1.54, 1.807) is 66.9 Å². The number of nitrogens with one attached hydrogen (secondary N) is 3. The molecule has 3 heterocycles. The van der Waals surface area contributed by atoms with Gasteiger partial charge in [0.15, 0.2) is 17.0 Å². The summed E-state index contributed by atoms with van der Waals surface area (Å²) in [6, 6.07) is -1.10. The number of carbonyl (C=O) groups excluding carboxylic acids is 4. The number of ketones is 1. The summed E-state index contributed by atoms with van der Waals surface area (Å²) >= 11 is 0. The second kappa shape index (κ2) is 10.3. The van der Waals surface area contributed by atoms with Crippen LogP contribution in [0.5, 0.6) is 0 Å². The maximum atomic E-state index is 13.7. The Morgan fingerprint density at radius 2 is 1.59 bits per heavy atom. The number of Topliss-reactive ketones (excluding diaryl/α,β-unsaturated/α-hetero) is 1. The van der Waals surface area contributed by atoms with Gasteiger partial charge in [-0.3, -0.25) is 29.5 Å². The van der Waals surface area contributed by atoms with Crippen LogP contribution in [-0.2, 0) is 14.3 Å². The summed E-state index contributed by atoms with van der Waals surface area (Å²) in [6.45, 7) is 15.6. The van der Waals surface area contributed by atoms with Gasteiger partial charge in [-0.05, 0) is 46.0 Å². The number of aromatic amines is 1. The van der Waals surface area contributed by atoms with Gasteiger partial charge in [0.05, 0.1) is 12.1 Å². The zero-order chi connectivity index (χ0) is 30.7. The highest BCUT2D eigenvalue weighted by Crippen LogP contribution is 2.42. The molecule has 0 radical (unpaired) electrons. The standard InChI is InChI=1S/C28H41N7O6/c1-26(2,3)19(37)21-29-18-20(30-24(31-22(18)38)32-23(39)27(4,5)6)34(21)15-11-10-14-12-16(15)35(17(36)13-14)33-25(40)41-28(7,8)9/h14-16H,10-13H2,1-9H3,(H,33,40)(H2,30,31,32,38,39)/t14-,15-,16-/m1/s1. The van der Waals surface area contributed by atoms with Crippen LogP contribution in [0.3, 0.4) is 0 Å². The average Bonchev–Trinajstić information content (AvgIpc) is 3.18. The summed E-state index contributed by atoms with van der Waals surface area (Å²) < 4.78 is 7.03. The lowest BCUT2D eigenvalue weighted by atomic mass is 9.77. The molecule has 2 aliphatic rings. The van der Waals surface area contributed by atoms with Gasteiger partial charge in [0.1, 0.15) is 5.60 Å². The van der Waals surface area contributed by atoms with Gasteiger partial charge in [0.2, 0.25) is 23.5 Å². The number of H-pyrrole nitrogens is 1. The van der Waals surface area contributed by atoms with Crippen molar-refractivity contribution < 1.29 is 23.9 Å². The fourth-order valence-corrected chi connectivity index (χ4v) is 5.20. The number of carbonyl (C=O) groups is 4. The molecule has 224 valence electrons. The Kier molecular flexibility index (Phi) is 7.55. The average molecular weight is 572 g/mol. The number of anilines is 1. The van der Waals surface area contributed by atoms with Crippen molar-refractivity contribution in [3.8, 4) is 0 Å². The number of piperidine rings is 1. The van der Waals surface area contributed by atoms with E-state index in [0.29, 0.717) is 19.3 Å². The maximum absolute atomic E-state index is 13.7. The molecule has 2 aromatic rings. The van der Waals surface area contributed by atoms with Crippen molar-refractivity contribution in [1.29, 1.82) is 0 Å². The smallest absolute Gasteiger partial charge is 0.426 e. The van der Waals surface area contributed by atoms with Crippen LogP contribution in [0.15, 0.2) is 4.79 Å². The number of imidazole rings is 1. The van der Waals surface area contributed by atoms with Crippen LogP contribution in [-0.4, -0.2) is 59.9 Å². The molecule has 1 aliphatic carbocycles. The highest BCUT2D eigenvalue weighted by Gasteiger charge is 2.46. The van der Waals surface area contributed by atoms with Crippen LogP contribution in [0.1, 0.15) is 105 Å². The molecular weight excluding hydrogens is 530 g/mol. The van der Waals surface area contributed by atoms with Crippen molar-refractivity contribution in [2.45, 2.75) is 106 Å². The first-order valence-corrected chi connectivity index (χ1v) is 14.0. The Bertz CT molecular complexity index is 1450. The summed E-state index contributed by atoms with van der Waals surface area (Å²) in [6.07, 6.45) is 1.32. The van der Waals surface area contributed by atoms with E-state index in [9.17, 15) is 24.0 Å². The minimum atomic E-state index is -0.844. The van der Waals surface area contributed by atoms with E-state index in [0.717, 1.165) is 0 Å². The van der Waals surface area contributed by atoms with E-state index in [1.165, 1.54) is 5.01 Å². The van der Waals surface area contributed by atoms with E-state index in [-0.39, 0.29) is 52.9 Å². The topological polar surface area (TPSA) is 168 Å². The molecule has 1 aliphatic heterocycles. The minimum Gasteiger partial charge on any atom is -0.443 e. The molecular formula is C28H41N7O6. The Labute approximate surface area is 238 Å². The van der Waals surface area contributed by atoms with Crippen LogP contribution in [0.2, 0.25) is 0 Å². The number of nitrogens with zero attached hydrogens (tertiary/aromatic N) is 4. The number of rotatable bonds is 4. The number of hydrogen-bond donors (Lipinski definition) is 3. The van der Waals surface area contributed by atoms with Crippen molar-refractivity contribution in [2.24, 2.45) is 16.7 Å². The molecule has 2 fully saturated rings. The van der Waals surface area contributed by atoms with Crippen LogP contribution in [0.4, 0.5) is 10.7 Å². The van der Waals surface area contributed by atoms with Crippen LogP contribution in [0, 0.1) is 16.7 Å². The van der Waals surface area contributed by atoms with Crippen molar-refractivity contribution in [2.75, 3.05) is 5.32 Å². The quantitative estimate of drug-likeness (QED) is 0.467. The zero-order valence-electron chi connectivity index (χ0n) is 25.3. The number of amides is 3. The molecule has 13 heteroatoms. The number of fused-ring (bicyclic) bond motifs is 3. The fraction of sp³-hybridized carbons (Fsp3) is 0.679. The Balaban J connectivity index is 1.86. The molecule has 3 amide bonds. The van der Waals surface area contributed by atoms with Gasteiger partial charge in [-0.25, -0.2) is 20.2 Å². The summed E-state index contributed by atoms with van der Waals surface area (Å²) in [5, 5.41) is 3.94. The predicted molar refractivity (Wildman–Crippen MR) is 151 cm³/mol. The van der Waals surface area contributed by atoms with Crippen LogP contribution < -0.4 is 16.3 Å². The molecule has 3 atom stereocenters. The van der Waals surface area contributed by atoms with Crippen molar-refractivity contribution in [3.05, 3.63) is 16.2 Å². The van der Waals surface area contributed by atoms with Crippen molar-refractivity contribution in [1.82, 2.24) is 30.0 Å². The van der Waals surface area contributed by atoms with Gasteiger partial charge < -0.3 is 9.30 Å². The van der Waals surface area contributed by atoms with Crippen molar-refractivity contribution in [3.63, 3.8) is 0 Å². The third-order valence-corrected chi connectivity index (χ3v) is 7.24. The summed E-state index contributed by atoms with van der Waals surface area (Å²) in [5.41, 5.74) is -0.301. The minimum absolute atomic E-state index is 0.0310. The lowest BCUT2D eigenvalue weighted by Crippen LogP contribution is -2.60. The molecule has 2 bridgehead atoms. The fourth-order valence-electron chi connectivity index (χ4n) is 5.20. The number of hydrogen-bond acceptors (Lipinski definition) is 8. The van der Waals surface area contributed by atoms with Gasteiger partial charge >= 0.3 is 6.09 Å². The lowest BCUT2D eigenvalue weighted by Gasteiger charge is -2.47. The summed E-state index contributed by atoms with van der Waals surface area (Å²) in [5.74, 6) is -0.873. The molecule has 3 N–H and O–H groups in total. The second-order valence-electron chi connectivity index (χ2n) is 14.1. The molecule has 0 unspecified atom stereocenters. The second-order valence-corrected chi connectivity index (χ2v) is 14.1. The molecule has 13 nitrogen and oxygen atoms in total. The van der Waals surface area contributed by atoms with Gasteiger partial charge in [0.25, 0.3) is 5.56 Å². The summed E-state index contributed by atoms with van der Waals surface area (Å²) in [7, 11) is 0. The third-order valence-electron chi connectivity index (χ3n) is 7.24. The molecule has 1 saturated heterocycles. The zero-order valence-corrected chi connectivity index (χ0v) is 25.3. The van der Waals surface area contributed by atoms with Crippen LogP contribution >= 0.6 is 0 Å². The first-order chi connectivity index (χ1) is 18.8. The largest absolute Gasteiger partial charge is 0.443 e. The highest BCUT2D eigenvalue weighted by atomic mass is 16.6. The molecule has 0 aromatic carbocycles. The number of ether oxygens (including phenoxy) is 1. The lowest BCUT2D eigenvalue weighted by molar-refractivity contribution is -0.147.